The molecule has 0 aliphatic carbocycles. The van der Waals surface area contributed by atoms with Crippen LogP contribution in [0.4, 0.5) is 0 Å². The first kappa shape index (κ1) is 13.2. The maximum atomic E-state index is 11.8. The van der Waals surface area contributed by atoms with Gasteiger partial charge in [0.15, 0.2) is 0 Å². The van der Waals surface area contributed by atoms with Gasteiger partial charge in [-0.2, -0.15) is 0 Å². The summed E-state index contributed by atoms with van der Waals surface area (Å²) in [6.07, 6.45) is 5.35. The minimum atomic E-state index is -0.683. The molecule has 2 rings (SSSR count). The van der Waals surface area contributed by atoms with E-state index in [2.05, 4.69) is 11.2 Å². The first-order chi connectivity index (χ1) is 9.11. The molecule has 0 saturated heterocycles. The summed E-state index contributed by atoms with van der Waals surface area (Å²) in [5, 5.41) is 3.79. The normalized spacial score (nSPS) is 13.7. The van der Waals surface area contributed by atoms with Crippen LogP contribution in [0, 0.1) is 12.3 Å². The average Bonchev–Trinajstić information content (AvgIpc) is 2.82. The molecular weight excluding hydrogens is 240 g/mol. The summed E-state index contributed by atoms with van der Waals surface area (Å²) in [7, 11) is 0. The summed E-state index contributed by atoms with van der Waals surface area (Å²) in [6, 6.07) is 8.67. The Bertz CT molecular complexity index is 591. The molecule has 0 spiro atoms. The van der Waals surface area contributed by atoms with E-state index < -0.39 is 6.04 Å². The van der Waals surface area contributed by atoms with Crippen LogP contribution < -0.4 is 11.1 Å². The molecule has 0 aliphatic heterocycles. The number of nitrogens with one attached hydrogen (secondary N) is 1. The van der Waals surface area contributed by atoms with Gasteiger partial charge in [0.25, 0.3) is 0 Å². The zero-order valence-electron chi connectivity index (χ0n) is 10.7. The van der Waals surface area contributed by atoms with Crippen LogP contribution in [0.1, 0.15) is 25.1 Å². The van der Waals surface area contributed by atoms with Crippen LogP contribution in [0.5, 0.6) is 0 Å². The number of terminal acetylenes is 1. The van der Waals surface area contributed by atoms with Crippen LogP contribution in [-0.2, 0) is 4.79 Å². The fraction of sp³-hybridized carbons (Fsp3) is 0.267. The van der Waals surface area contributed by atoms with Gasteiger partial charge in [0, 0.05) is 11.8 Å². The molecule has 3 N–H and O–H groups in total. The maximum Gasteiger partial charge on any atom is 0.238 e. The zero-order chi connectivity index (χ0) is 13.8. The number of hydrogen-bond acceptors (Lipinski definition) is 3. The van der Waals surface area contributed by atoms with Crippen molar-refractivity contribution >= 4 is 16.9 Å². The van der Waals surface area contributed by atoms with Crippen molar-refractivity contribution in [1.82, 2.24) is 5.32 Å². The van der Waals surface area contributed by atoms with Gasteiger partial charge in [-0.3, -0.25) is 4.79 Å². The van der Waals surface area contributed by atoms with Crippen molar-refractivity contribution in [3.63, 3.8) is 0 Å². The van der Waals surface area contributed by atoms with Crippen LogP contribution in [0.25, 0.3) is 11.0 Å². The number of nitrogens with two attached hydrogens (primary N) is 1. The first-order valence-electron chi connectivity index (χ1n) is 6.09. The summed E-state index contributed by atoms with van der Waals surface area (Å²) >= 11 is 0. The Balaban J connectivity index is 2.09. The lowest BCUT2D eigenvalue weighted by molar-refractivity contribution is -0.123. The van der Waals surface area contributed by atoms with E-state index in [0.717, 1.165) is 11.0 Å². The molecule has 19 heavy (non-hydrogen) atoms. The van der Waals surface area contributed by atoms with Gasteiger partial charge in [0.05, 0.1) is 12.1 Å². The highest BCUT2D eigenvalue weighted by molar-refractivity contribution is 5.82. The summed E-state index contributed by atoms with van der Waals surface area (Å²) in [6.45, 7) is 1.85. The van der Waals surface area contributed by atoms with E-state index in [1.807, 2.05) is 37.3 Å². The Hall–Kier alpha value is -2.25. The molecule has 98 valence electrons. The van der Waals surface area contributed by atoms with E-state index in [4.69, 9.17) is 16.6 Å². The number of amides is 1. The van der Waals surface area contributed by atoms with Gasteiger partial charge in [0.2, 0.25) is 5.91 Å². The van der Waals surface area contributed by atoms with E-state index in [9.17, 15) is 4.79 Å². The summed E-state index contributed by atoms with van der Waals surface area (Å²) in [4.78, 5) is 11.8. The topological polar surface area (TPSA) is 68.3 Å². The number of furan rings is 1. The van der Waals surface area contributed by atoms with Crippen molar-refractivity contribution in [3.05, 3.63) is 36.1 Å². The Kier molecular flexibility index (Phi) is 3.88. The van der Waals surface area contributed by atoms with Crippen LogP contribution >= 0.6 is 0 Å². The maximum absolute atomic E-state index is 11.8. The average molecular weight is 256 g/mol. The van der Waals surface area contributed by atoms with Crippen LogP contribution in [0.15, 0.2) is 34.7 Å². The van der Waals surface area contributed by atoms with Crippen LogP contribution in [0.3, 0.4) is 0 Å². The smallest absolute Gasteiger partial charge is 0.238 e. The lowest BCUT2D eigenvalue weighted by atomic mass is 10.1. The van der Waals surface area contributed by atoms with Crippen molar-refractivity contribution < 1.29 is 9.21 Å². The number of rotatable bonds is 4. The molecule has 0 fully saturated rings. The Morgan fingerprint density at radius 3 is 2.95 bits per heavy atom. The third-order valence-corrected chi connectivity index (χ3v) is 2.90. The van der Waals surface area contributed by atoms with Crippen molar-refractivity contribution in [2.45, 2.75) is 25.4 Å². The lowest BCUT2D eigenvalue weighted by Crippen LogP contribution is -2.41. The Morgan fingerprint density at radius 2 is 2.26 bits per heavy atom. The molecule has 1 aromatic heterocycles. The number of carbonyl (C=O) groups excluding carboxylic acids is 1. The molecule has 0 aliphatic rings. The summed E-state index contributed by atoms with van der Waals surface area (Å²) < 4.78 is 5.67. The van der Waals surface area contributed by atoms with Gasteiger partial charge in [-0.25, -0.2) is 0 Å². The SMILES string of the molecule is C#CCC(N)C(=O)NC(C)c1cc2ccccc2o1. The standard InChI is InChI=1S/C15H16N2O2/c1-3-6-12(16)15(18)17-10(2)14-9-11-7-4-5-8-13(11)19-14/h1,4-5,7-10,12H,6,16H2,2H3,(H,17,18). The van der Waals surface area contributed by atoms with Gasteiger partial charge >= 0.3 is 0 Å². The highest BCUT2D eigenvalue weighted by Crippen LogP contribution is 2.23. The molecule has 2 unspecified atom stereocenters. The third-order valence-electron chi connectivity index (χ3n) is 2.90. The van der Waals surface area contributed by atoms with Gasteiger partial charge in [-0.1, -0.05) is 18.2 Å². The van der Waals surface area contributed by atoms with Crippen LogP contribution in [0.2, 0.25) is 0 Å². The van der Waals surface area contributed by atoms with Crippen molar-refractivity contribution in [2.24, 2.45) is 5.73 Å². The van der Waals surface area contributed by atoms with Crippen molar-refractivity contribution in [1.29, 1.82) is 0 Å². The van der Waals surface area contributed by atoms with E-state index in [1.54, 1.807) is 0 Å². The molecule has 0 bridgehead atoms. The molecule has 2 atom stereocenters. The highest BCUT2D eigenvalue weighted by Gasteiger charge is 2.18. The van der Waals surface area contributed by atoms with Crippen molar-refractivity contribution in [2.75, 3.05) is 0 Å². The molecule has 2 aromatic rings. The second-order valence-electron chi connectivity index (χ2n) is 4.43. The predicted octanol–water partition coefficient (Wildman–Crippen LogP) is 1.96. The highest BCUT2D eigenvalue weighted by atomic mass is 16.3. The number of fused-ring (bicyclic) bond motifs is 1. The number of para-hydroxylation sites is 1. The van der Waals surface area contributed by atoms with Crippen molar-refractivity contribution in [3.8, 4) is 12.3 Å². The molecule has 0 radical (unpaired) electrons. The molecule has 1 amide bonds. The molecular formula is C15H16N2O2. The molecule has 1 heterocycles. The molecule has 0 saturated carbocycles. The number of benzene rings is 1. The molecule has 1 aromatic carbocycles. The second kappa shape index (κ2) is 5.59. The molecule has 4 heteroatoms. The minimum Gasteiger partial charge on any atom is -0.459 e. The number of hydrogen-bond donors (Lipinski definition) is 2. The largest absolute Gasteiger partial charge is 0.459 e. The van der Waals surface area contributed by atoms with E-state index in [0.29, 0.717) is 5.76 Å². The zero-order valence-corrected chi connectivity index (χ0v) is 10.7. The number of carbonyl (C=O) groups is 1. The summed E-state index contributed by atoms with van der Waals surface area (Å²) in [5.74, 6) is 2.80. The lowest BCUT2D eigenvalue weighted by Gasteiger charge is -2.14. The predicted molar refractivity (Wildman–Crippen MR) is 74.2 cm³/mol. The van der Waals surface area contributed by atoms with E-state index >= 15 is 0 Å². The first-order valence-corrected chi connectivity index (χ1v) is 6.09. The van der Waals surface area contributed by atoms with Gasteiger partial charge in [-0.05, 0) is 19.1 Å². The molecule has 4 nitrogen and oxygen atoms in total. The fourth-order valence-corrected chi connectivity index (χ4v) is 1.83. The summed E-state index contributed by atoms with van der Waals surface area (Å²) in [5.41, 5.74) is 6.44. The van der Waals surface area contributed by atoms with E-state index in [1.165, 1.54) is 0 Å². The second-order valence-corrected chi connectivity index (χ2v) is 4.43. The monoisotopic (exact) mass is 256 g/mol. The Labute approximate surface area is 112 Å². The van der Waals surface area contributed by atoms with Gasteiger partial charge in [-0.15, -0.1) is 12.3 Å². The van der Waals surface area contributed by atoms with E-state index in [-0.39, 0.29) is 18.4 Å². The van der Waals surface area contributed by atoms with Gasteiger partial charge < -0.3 is 15.5 Å². The fourth-order valence-electron chi connectivity index (χ4n) is 1.83. The minimum absolute atomic E-state index is 0.221. The quantitative estimate of drug-likeness (QED) is 0.822. The third kappa shape index (κ3) is 2.95. The van der Waals surface area contributed by atoms with Crippen LogP contribution in [-0.4, -0.2) is 11.9 Å². The Morgan fingerprint density at radius 1 is 1.53 bits per heavy atom. The van der Waals surface area contributed by atoms with Gasteiger partial charge in [0.1, 0.15) is 11.3 Å².